The molecule has 0 radical (unpaired) electrons. The van der Waals surface area contributed by atoms with Crippen LogP contribution in [0.5, 0.6) is 0 Å². The standard InChI is InChI=1S/C20H19BrN2O2/c21-16-10-15-7-9-25-19(15)18(11-16)20(24)22-17-6-8-23(13-17)12-14-4-2-1-3-5-14/h1-5,7,9-11,17H,6,8,12-13H2,(H,22,24). The van der Waals surface area contributed by atoms with Crippen LogP contribution in [0.25, 0.3) is 11.0 Å². The van der Waals surface area contributed by atoms with Gasteiger partial charge in [0.05, 0.1) is 11.8 Å². The Hall–Kier alpha value is -2.11. The molecule has 1 atom stereocenters. The van der Waals surface area contributed by atoms with E-state index in [4.69, 9.17) is 4.42 Å². The second-order valence-corrected chi connectivity index (χ2v) is 7.39. The number of hydrogen-bond acceptors (Lipinski definition) is 3. The van der Waals surface area contributed by atoms with Gasteiger partial charge in [0.2, 0.25) is 0 Å². The summed E-state index contributed by atoms with van der Waals surface area (Å²) < 4.78 is 6.38. The van der Waals surface area contributed by atoms with Gasteiger partial charge in [-0.1, -0.05) is 46.3 Å². The number of carbonyl (C=O) groups is 1. The lowest BCUT2D eigenvalue weighted by atomic mass is 10.1. The minimum absolute atomic E-state index is 0.0761. The summed E-state index contributed by atoms with van der Waals surface area (Å²) in [4.78, 5) is 15.1. The van der Waals surface area contributed by atoms with Gasteiger partial charge in [-0.15, -0.1) is 0 Å². The van der Waals surface area contributed by atoms with Crippen LogP contribution in [0.2, 0.25) is 0 Å². The van der Waals surface area contributed by atoms with Gasteiger partial charge in [0, 0.05) is 35.5 Å². The van der Waals surface area contributed by atoms with Gasteiger partial charge in [-0.2, -0.15) is 0 Å². The van der Waals surface area contributed by atoms with E-state index in [1.165, 1.54) is 5.56 Å². The number of amides is 1. The highest BCUT2D eigenvalue weighted by Gasteiger charge is 2.25. The topological polar surface area (TPSA) is 45.5 Å². The van der Waals surface area contributed by atoms with Crippen LogP contribution in [0, 0.1) is 0 Å². The molecule has 128 valence electrons. The van der Waals surface area contributed by atoms with Gasteiger partial charge in [0.15, 0.2) is 0 Å². The number of carbonyl (C=O) groups excluding carboxylic acids is 1. The number of nitrogens with zero attached hydrogens (tertiary/aromatic N) is 1. The molecule has 1 saturated heterocycles. The molecular formula is C20H19BrN2O2. The van der Waals surface area contributed by atoms with Crippen molar-refractivity contribution in [2.45, 2.75) is 19.0 Å². The fourth-order valence-corrected chi connectivity index (χ4v) is 3.89. The highest BCUT2D eigenvalue weighted by Crippen LogP contribution is 2.25. The van der Waals surface area contributed by atoms with Crippen LogP contribution in [-0.2, 0) is 6.54 Å². The van der Waals surface area contributed by atoms with Crippen molar-refractivity contribution in [2.75, 3.05) is 13.1 Å². The van der Waals surface area contributed by atoms with E-state index < -0.39 is 0 Å². The molecule has 25 heavy (non-hydrogen) atoms. The summed E-state index contributed by atoms with van der Waals surface area (Å²) in [6.07, 6.45) is 2.58. The smallest absolute Gasteiger partial charge is 0.255 e. The predicted octanol–water partition coefficient (Wildman–Crippen LogP) is 4.20. The summed E-state index contributed by atoms with van der Waals surface area (Å²) in [5.41, 5.74) is 2.52. The Balaban J connectivity index is 1.42. The third kappa shape index (κ3) is 3.62. The number of fused-ring (bicyclic) bond motifs is 1. The first-order valence-electron chi connectivity index (χ1n) is 8.43. The number of benzene rings is 2. The van der Waals surface area contributed by atoms with Crippen LogP contribution < -0.4 is 5.32 Å². The van der Waals surface area contributed by atoms with E-state index in [9.17, 15) is 4.79 Å². The van der Waals surface area contributed by atoms with Crippen LogP contribution in [0.3, 0.4) is 0 Å². The quantitative estimate of drug-likeness (QED) is 0.715. The molecule has 1 unspecified atom stereocenters. The molecular weight excluding hydrogens is 380 g/mol. The number of rotatable bonds is 4. The largest absolute Gasteiger partial charge is 0.464 e. The maximum Gasteiger partial charge on any atom is 0.255 e. The number of hydrogen-bond donors (Lipinski definition) is 1. The van der Waals surface area contributed by atoms with Crippen molar-refractivity contribution in [3.05, 3.63) is 70.4 Å². The van der Waals surface area contributed by atoms with E-state index in [0.29, 0.717) is 11.1 Å². The molecule has 0 saturated carbocycles. The van der Waals surface area contributed by atoms with E-state index in [1.54, 1.807) is 6.26 Å². The lowest BCUT2D eigenvalue weighted by molar-refractivity contribution is 0.0938. The molecule has 1 aliphatic rings. The fourth-order valence-electron chi connectivity index (χ4n) is 3.41. The Morgan fingerprint density at radius 2 is 2.08 bits per heavy atom. The summed E-state index contributed by atoms with van der Waals surface area (Å²) in [5.74, 6) is -0.0761. The second kappa shape index (κ2) is 7.02. The van der Waals surface area contributed by atoms with Crippen molar-refractivity contribution in [3.8, 4) is 0 Å². The highest BCUT2D eigenvalue weighted by molar-refractivity contribution is 9.10. The molecule has 1 N–H and O–H groups in total. The van der Waals surface area contributed by atoms with Gasteiger partial charge in [0.1, 0.15) is 5.58 Å². The molecule has 4 rings (SSSR count). The van der Waals surface area contributed by atoms with Gasteiger partial charge < -0.3 is 9.73 Å². The summed E-state index contributed by atoms with van der Waals surface area (Å²) in [6, 6.07) is 16.2. The number of furan rings is 1. The molecule has 1 aromatic heterocycles. The van der Waals surface area contributed by atoms with Gasteiger partial charge in [-0.25, -0.2) is 0 Å². The zero-order valence-corrected chi connectivity index (χ0v) is 15.3. The average Bonchev–Trinajstić information content (AvgIpc) is 3.24. The molecule has 1 aliphatic heterocycles. The van der Waals surface area contributed by atoms with Crippen LogP contribution in [0.4, 0.5) is 0 Å². The van der Waals surface area contributed by atoms with Gasteiger partial charge >= 0.3 is 0 Å². The Kier molecular flexibility index (Phi) is 4.59. The first-order valence-corrected chi connectivity index (χ1v) is 9.22. The monoisotopic (exact) mass is 398 g/mol. The van der Waals surface area contributed by atoms with Gasteiger partial charge in [-0.05, 0) is 30.2 Å². The number of halogens is 1. The molecule has 4 nitrogen and oxygen atoms in total. The highest BCUT2D eigenvalue weighted by atomic mass is 79.9. The summed E-state index contributed by atoms with van der Waals surface area (Å²) >= 11 is 3.47. The third-order valence-corrected chi connectivity index (χ3v) is 5.07. The van der Waals surface area contributed by atoms with Crippen molar-refractivity contribution >= 4 is 32.8 Å². The molecule has 3 aromatic rings. The SMILES string of the molecule is O=C(NC1CCN(Cc2ccccc2)C1)c1cc(Br)cc2ccoc12. The minimum atomic E-state index is -0.0761. The Morgan fingerprint density at radius 1 is 1.24 bits per heavy atom. The van der Waals surface area contributed by atoms with E-state index in [0.717, 1.165) is 35.9 Å². The van der Waals surface area contributed by atoms with Crippen molar-refractivity contribution < 1.29 is 9.21 Å². The van der Waals surface area contributed by atoms with E-state index in [1.807, 2.05) is 24.3 Å². The Labute approximate surface area is 154 Å². The van der Waals surface area contributed by atoms with Gasteiger partial charge in [0.25, 0.3) is 5.91 Å². The summed E-state index contributed by atoms with van der Waals surface area (Å²) in [7, 11) is 0. The summed E-state index contributed by atoms with van der Waals surface area (Å²) in [5, 5.41) is 4.09. The summed E-state index contributed by atoms with van der Waals surface area (Å²) in [6.45, 7) is 2.79. The van der Waals surface area contributed by atoms with Crippen LogP contribution in [0.15, 0.2) is 63.7 Å². The molecule has 0 bridgehead atoms. The van der Waals surface area contributed by atoms with Crippen molar-refractivity contribution in [1.29, 1.82) is 0 Å². The molecule has 1 amide bonds. The molecule has 5 heteroatoms. The molecule has 2 heterocycles. The van der Waals surface area contributed by atoms with Crippen LogP contribution in [0.1, 0.15) is 22.3 Å². The lowest BCUT2D eigenvalue weighted by Crippen LogP contribution is -2.37. The maximum atomic E-state index is 12.7. The minimum Gasteiger partial charge on any atom is -0.464 e. The van der Waals surface area contributed by atoms with Crippen molar-refractivity contribution in [2.24, 2.45) is 0 Å². The van der Waals surface area contributed by atoms with Crippen LogP contribution >= 0.6 is 15.9 Å². The molecule has 0 aliphatic carbocycles. The Bertz CT molecular complexity index is 891. The van der Waals surface area contributed by atoms with Gasteiger partial charge in [-0.3, -0.25) is 9.69 Å². The zero-order valence-electron chi connectivity index (χ0n) is 13.7. The molecule has 0 spiro atoms. The second-order valence-electron chi connectivity index (χ2n) is 6.47. The lowest BCUT2D eigenvalue weighted by Gasteiger charge is -2.17. The zero-order chi connectivity index (χ0) is 17.2. The Morgan fingerprint density at radius 3 is 2.92 bits per heavy atom. The first kappa shape index (κ1) is 16.4. The predicted molar refractivity (Wildman–Crippen MR) is 102 cm³/mol. The van der Waals surface area contributed by atoms with Crippen molar-refractivity contribution in [1.82, 2.24) is 10.2 Å². The molecule has 2 aromatic carbocycles. The molecule has 1 fully saturated rings. The average molecular weight is 399 g/mol. The number of nitrogens with one attached hydrogen (secondary N) is 1. The first-order chi connectivity index (χ1) is 12.2. The van der Waals surface area contributed by atoms with E-state index in [2.05, 4.69) is 50.4 Å². The normalized spacial score (nSPS) is 17.9. The van der Waals surface area contributed by atoms with Crippen molar-refractivity contribution in [3.63, 3.8) is 0 Å². The van der Waals surface area contributed by atoms with E-state index in [-0.39, 0.29) is 11.9 Å². The third-order valence-electron chi connectivity index (χ3n) is 4.62. The van der Waals surface area contributed by atoms with Crippen LogP contribution in [-0.4, -0.2) is 29.9 Å². The number of likely N-dealkylation sites (tertiary alicyclic amines) is 1. The fraction of sp³-hybridized carbons (Fsp3) is 0.250. The maximum absolute atomic E-state index is 12.7. The van der Waals surface area contributed by atoms with E-state index >= 15 is 0 Å².